The van der Waals surface area contributed by atoms with Crippen molar-refractivity contribution in [3.8, 4) is 0 Å². The predicted octanol–water partition coefficient (Wildman–Crippen LogP) is -2.65. The molecule has 8 nitrogen and oxygen atoms in total. The van der Waals surface area contributed by atoms with Crippen LogP contribution in [0.2, 0.25) is 0 Å². The van der Waals surface area contributed by atoms with Crippen LogP contribution in [-0.2, 0) is 0 Å². The second-order valence-corrected chi connectivity index (χ2v) is 3.33. The van der Waals surface area contributed by atoms with E-state index in [-0.39, 0.29) is 15.9 Å². The quantitative estimate of drug-likeness (QED) is 0.180. The molecule has 0 aromatic carbocycles. The second-order valence-electron chi connectivity index (χ2n) is 2.45. The van der Waals surface area contributed by atoms with Crippen molar-refractivity contribution in [3.05, 3.63) is 0 Å². The smallest absolute Gasteiger partial charge is 0.184 e. The summed E-state index contributed by atoms with van der Waals surface area (Å²) in [6, 6.07) is 0. The Labute approximate surface area is 102 Å². The molecule has 0 fully saturated rings. The Bertz CT molecular complexity index is 318. The van der Waals surface area contributed by atoms with Crippen molar-refractivity contribution < 1.29 is 10.2 Å². The molecule has 1 atom stereocenters. The lowest BCUT2D eigenvalue weighted by atomic mass is 10.2. The molecule has 0 heterocycles. The molecule has 0 saturated carbocycles. The average Bonchev–Trinajstić information content (AvgIpc) is 2.21. The van der Waals surface area contributed by atoms with Crippen LogP contribution in [0, 0.1) is 0 Å². The molecular formula is C6H12N6O2S2. The van der Waals surface area contributed by atoms with E-state index >= 15 is 0 Å². The zero-order valence-electron chi connectivity index (χ0n) is 8.12. The van der Waals surface area contributed by atoms with Gasteiger partial charge in [-0.05, 0) is 24.4 Å². The van der Waals surface area contributed by atoms with Crippen molar-refractivity contribution in [2.24, 2.45) is 21.7 Å². The lowest BCUT2D eigenvalue weighted by Gasteiger charge is -2.06. The predicted molar refractivity (Wildman–Crippen MR) is 68.9 cm³/mol. The summed E-state index contributed by atoms with van der Waals surface area (Å²) in [5.74, 6) is 0. The van der Waals surface area contributed by atoms with Crippen molar-refractivity contribution in [2.75, 3.05) is 6.61 Å². The highest BCUT2D eigenvalue weighted by Gasteiger charge is 2.09. The van der Waals surface area contributed by atoms with Crippen LogP contribution >= 0.6 is 24.4 Å². The summed E-state index contributed by atoms with van der Waals surface area (Å²) < 4.78 is 0. The summed E-state index contributed by atoms with van der Waals surface area (Å²) in [5.41, 5.74) is 14.7. The van der Waals surface area contributed by atoms with E-state index in [9.17, 15) is 5.11 Å². The van der Waals surface area contributed by atoms with Gasteiger partial charge in [-0.25, -0.2) is 0 Å². The molecule has 0 spiro atoms. The van der Waals surface area contributed by atoms with Crippen LogP contribution in [0.15, 0.2) is 10.2 Å². The molecular weight excluding hydrogens is 252 g/mol. The minimum absolute atomic E-state index is 0.0130. The number of thiocarbonyl (C=S) groups is 2. The first-order valence-electron chi connectivity index (χ1n) is 3.97. The van der Waals surface area contributed by atoms with Crippen LogP contribution in [0.5, 0.6) is 0 Å². The van der Waals surface area contributed by atoms with Gasteiger partial charge in [0.25, 0.3) is 0 Å². The molecule has 8 N–H and O–H groups in total. The Kier molecular flexibility index (Phi) is 7.20. The van der Waals surface area contributed by atoms with E-state index in [1.807, 2.05) is 0 Å². The number of nitrogens with one attached hydrogen (secondary N) is 2. The maximum absolute atomic E-state index is 9.31. The van der Waals surface area contributed by atoms with Gasteiger partial charge in [0.2, 0.25) is 0 Å². The van der Waals surface area contributed by atoms with Crippen molar-refractivity contribution in [2.45, 2.75) is 6.10 Å². The largest absolute Gasteiger partial charge is 0.393 e. The lowest BCUT2D eigenvalue weighted by Crippen LogP contribution is -2.33. The average molecular weight is 264 g/mol. The Morgan fingerprint density at radius 2 is 1.88 bits per heavy atom. The van der Waals surface area contributed by atoms with Gasteiger partial charge in [0.1, 0.15) is 11.8 Å². The van der Waals surface area contributed by atoms with Gasteiger partial charge in [0, 0.05) is 0 Å². The SMILES string of the molecule is NC(=S)N/N=C\C(=N\NC(N)=S)[C@@H](O)CO. The van der Waals surface area contributed by atoms with E-state index in [0.717, 1.165) is 6.21 Å². The van der Waals surface area contributed by atoms with Crippen LogP contribution in [0.25, 0.3) is 0 Å². The molecule has 0 aliphatic carbocycles. The monoisotopic (exact) mass is 264 g/mol. The number of hydrogen-bond acceptors (Lipinski definition) is 6. The lowest BCUT2D eigenvalue weighted by molar-refractivity contribution is 0.146. The van der Waals surface area contributed by atoms with Gasteiger partial charge in [-0.2, -0.15) is 10.2 Å². The van der Waals surface area contributed by atoms with Crippen LogP contribution in [-0.4, -0.2) is 45.1 Å². The second kappa shape index (κ2) is 7.87. The molecule has 0 aromatic heterocycles. The number of nitrogens with two attached hydrogens (primary N) is 2. The van der Waals surface area contributed by atoms with Crippen LogP contribution in [0.1, 0.15) is 0 Å². The topological polar surface area (TPSA) is 141 Å². The van der Waals surface area contributed by atoms with Crippen LogP contribution < -0.4 is 22.3 Å². The molecule has 0 aliphatic rings. The van der Waals surface area contributed by atoms with E-state index in [0.29, 0.717) is 0 Å². The minimum atomic E-state index is -1.22. The standard InChI is InChI=1S/C6H12N6O2S2/c7-5(15)11-9-1-3(4(14)2-13)10-12-6(8)16/h1,4,13-14H,2H2,(H3,7,11,15)(H3,8,12,16)/b9-1-,10-3-/t4-/m0/s1. The highest BCUT2D eigenvalue weighted by molar-refractivity contribution is 7.80. The molecule has 0 radical (unpaired) electrons. The number of rotatable bonds is 5. The molecule has 0 bridgehead atoms. The Morgan fingerprint density at radius 3 is 2.31 bits per heavy atom. The van der Waals surface area contributed by atoms with Crippen LogP contribution in [0.3, 0.4) is 0 Å². The molecule has 0 amide bonds. The van der Waals surface area contributed by atoms with E-state index in [1.165, 1.54) is 0 Å². The molecule has 0 aliphatic heterocycles. The molecule has 0 unspecified atom stereocenters. The third-order valence-corrected chi connectivity index (χ3v) is 1.36. The molecule has 0 aromatic rings. The zero-order chi connectivity index (χ0) is 12.6. The summed E-state index contributed by atoms with van der Waals surface area (Å²) in [6.45, 7) is -0.531. The highest BCUT2D eigenvalue weighted by Crippen LogP contribution is 1.85. The van der Waals surface area contributed by atoms with E-state index in [1.54, 1.807) is 0 Å². The molecule has 10 heteroatoms. The summed E-state index contributed by atoms with van der Waals surface area (Å²) in [4.78, 5) is 0. The zero-order valence-corrected chi connectivity index (χ0v) is 9.75. The van der Waals surface area contributed by atoms with E-state index in [4.69, 9.17) is 16.6 Å². The number of aliphatic hydroxyl groups excluding tert-OH is 2. The van der Waals surface area contributed by atoms with E-state index in [2.05, 4.69) is 45.5 Å². The van der Waals surface area contributed by atoms with Gasteiger partial charge in [-0.15, -0.1) is 0 Å². The molecule has 90 valence electrons. The Morgan fingerprint density at radius 1 is 1.31 bits per heavy atom. The molecule has 0 rings (SSSR count). The minimum Gasteiger partial charge on any atom is -0.393 e. The fourth-order valence-electron chi connectivity index (χ4n) is 0.565. The Balaban J connectivity index is 4.54. The summed E-state index contributed by atoms with van der Waals surface area (Å²) in [6.07, 6.45) is -0.107. The normalized spacial score (nSPS) is 13.5. The third-order valence-electron chi connectivity index (χ3n) is 1.18. The van der Waals surface area contributed by atoms with Crippen molar-refractivity contribution in [3.63, 3.8) is 0 Å². The van der Waals surface area contributed by atoms with Crippen molar-refractivity contribution >= 4 is 46.6 Å². The fourth-order valence-corrected chi connectivity index (χ4v) is 0.663. The van der Waals surface area contributed by atoms with Gasteiger partial charge in [0.15, 0.2) is 10.2 Å². The third kappa shape index (κ3) is 7.00. The first-order valence-corrected chi connectivity index (χ1v) is 4.79. The van der Waals surface area contributed by atoms with Crippen molar-refractivity contribution in [1.29, 1.82) is 0 Å². The first kappa shape index (κ1) is 14.6. The van der Waals surface area contributed by atoms with Gasteiger partial charge in [0.05, 0.1) is 12.8 Å². The maximum atomic E-state index is 9.31. The van der Waals surface area contributed by atoms with Crippen LogP contribution in [0.4, 0.5) is 0 Å². The first-order chi connectivity index (χ1) is 7.47. The number of hydrogen-bond donors (Lipinski definition) is 6. The summed E-state index contributed by atoms with van der Waals surface area (Å²) in [7, 11) is 0. The number of aliphatic hydroxyl groups is 2. The molecule has 0 saturated heterocycles. The van der Waals surface area contributed by atoms with E-state index < -0.39 is 12.7 Å². The van der Waals surface area contributed by atoms with Gasteiger partial charge in [-0.1, -0.05) is 0 Å². The maximum Gasteiger partial charge on any atom is 0.184 e. The van der Waals surface area contributed by atoms with Crippen molar-refractivity contribution in [1.82, 2.24) is 10.9 Å². The van der Waals surface area contributed by atoms with Gasteiger partial charge in [-0.3, -0.25) is 10.9 Å². The summed E-state index contributed by atoms with van der Waals surface area (Å²) in [5, 5.41) is 25.1. The highest BCUT2D eigenvalue weighted by atomic mass is 32.1. The Hall–Kier alpha value is -1.36. The van der Waals surface area contributed by atoms with Gasteiger partial charge >= 0.3 is 0 Å². The molecule has 16 heavy (non-hydrogen) atoms. The van der Waals surface area contributed by atoms with Gasteiger partial charge < -0.3 is 21.7 Å². The fraction of sp³-hybridized carbons (Fsp3) is 0.333. The number of nitrogens with zero attached hydrogens (tertiary/aromatic N) is 2. The summed E-state index contributed by atoms with van der Waals surface area (Å²) >= 11 is 9.00. The number of hydrazone groups is 2.